The Morgan fingerprint density at radius 2 is 2.03 bits per heavy atom. The Labute approximate surface area is 203 Å². The monoisotopic (exact) mass is 528 g/mol. The van der Waals surface area contributed by atoms with Crippen LogP contribution in [0.5, 0.6) is 23.0 Å². The molecule has 2 aliphatic rings. The van der Waals surface area contributed by atoms with Crippen LogP contribution in [0, 0.1) is 0 Å². The number of carbonyl (C=O) groups is 1. The summed E-state index contributed by atoms with van der Waals surface area (Å²) in [4.78, 5) is 12.8. The molecule has 0 saturated carbocycles. The van der Waals surface area contributed by atoms with Crippen LogP contribution in [0.3, 0.4) is 0 Å². The number of halogens is 2. The molecular formula is C25H18BrClO6. The van der Waals surface area contributed by atoms with Gasteiger partial charge >= 0.3 is 0 Å². The molecule has 3 aromatic carbocycles. The van der Waals surface area contributed by atoms with Crippen LogP contribution in [-0.2, 0) is 18.0 Å². The maximum atomic E-state index is 12.8. The zero-order valence-corrected chi connectivity index (χ0v) is 19.9. The number of hydrogen-bond acceptors (Lipinski definition) is 6. The van der Waals surface area contributed by atoms with Crippen molar-refractivity contribution in [2.75, 3.05) is 13.9 Å². The molecule has 0 N–H and O–H groups in total. The van der Waals surface area contributed by atoms with Gasteiger partial charge in [0.25, 0.3) is 0 Å². The van der Waals surface area contributed by atoms with E-state index in [9.17, 15) is 4.79 Å². The fourth-order valence-corrected chi connectivity index (χ4v) is 4.38. The maximum absolute atomic E-state index is 12.8. The smallest absolute Gasteiger partial charge is 0.231 e. The maximum Gasteiger partial charge on any atom is 0.231 e. The van der Waals surface area contributed by atoms with Crippen molar-refractivity contribution >= 4 is 39.4 Å². The number of Topliss-reactive ketones (excluding diaryl/α,β-unsaturated/α-hetero) is 1. The van der Waals surface area contributed by atoms with Crippen LogP contribution >= 0.6 is 27.5 Å². The lowest BCUT2D eigenvalue weighted by Crippen LogP contribution is -2.14. The van der Waals surface area contributed by atoms with Crippen LogP contribution in [0.4, 0.5) is 0 Å². The topological polar surface area (TPSA) is 63.2 Å². The van der Waals surface area contributed by atoms with Crippen LogP contribution in [0.1, 0.15) is 27.0 Å². The lowest BCUT2D eigenvalue weighted by Gasteiger charge is -2.21. The third kappa shape index (κ3) is 4.44. The fraction of sp³-hybridized carbons (Fsp3) is 0.160. The largest absolute Gasteiger partial charge is 0.496 e. The molecule has 0 amide bonds. The molecule has 3 aromatic rings. The van der Waals surface area contributed by atoms with Gasteiger partial charge in [-0.05, 0) is 48.5 Å². The van der Waals surface area contributed by atoms with Gasteiger partial charge in [0.1, 0.15) is 29.6 Å². The zero-order chi connectivity index (χ0) is 22.9. The second kappa shape index (κ2) is 9.09. The quantitative estimate of drug-likeness (QED) is 0.368. The molecule has 2 heterocycles. The number of hydrogen-bond donors (Lipinski definition) is 0. The summed E-state index contributed by atoms with van der Waals surface area (Å²) in [6.07, 6.45) is 1.67. The zero-order valence-electron chi connectivity index (χ0n) is 17.5. The third-order valence-corrected chi connectivity index (χ3v) is 5.98. The summed E-state index contributed by atoms with van der Waals surface area (Å²) in [5.74, 6) is 2.39. The highest BCUT2D eigenvalue weighted by Crippen LogP contribution is 2.37. The lowest BCUT2D eigenvalue weighted by molar-refractivity contribution is -0.0175. The number of methoxy groups -OCH3 is 1. The van der Waals surface area contributed by atoms with Gasteiger partial charge in [-0.1, -0.05) is 27.5 Å². The van der Waals surface area contributed by atoms with Gasteiger partial charge in [0.15, 0.2) is 12.6 Å². The molecular weight excluding hydrogens is 512 g/mol. The number of allylic oxidation sites excluding steroid dienone is 1. The first-order chi connectivity index (χ1) is 16.0. The molecule has 0 radical (unpaired) electrons. The first-order valence-corrected chi connectivity index (χ1v) is 11.3. The second-order valence-corrected chi connectivity index (χ2v) is 8.79. The van der Waals surface area contributed by atoms with Gasteiger partial charge in [-0.2, -0.15) is 0 Å². The summed E-state index contributed by atoms with van der Waals surface area (Å²) in [5.41, 5.74) is 2.91. The van der Waals surface area contributed by atoms with Gasteiger partial charge in [-0.25, -0.2) is 0 Å². The summed E-state index contributed by atoms with van der Waals surface area (Å²) in [5, 5.41) is 0.585. The molecule has 0 saturated heterocycles. The van der Waals surface area contributed by atoms with Gasteiger partial charge in [-0.3, -0.25) is 4.79 Å². The van der Waals surface area contributed by atoms with Crippen molar-refractivity contribution in [2.45, 2.75) is 13.2 Å². The minimum atomic E-state index is -0.198. The Hall–Kier alpha value is -3.00. The van der Waals surface area contributed by atoms with E-state index in [1.54, 1.807) is 31.4 Å². The predicted octanol–water partition coefficient (Wildman–Crippen LogP) is 6.17. The molecule has 6 nitrogen and oxygen atoms in total. The molecule has 5 rings (SSSR count). The summed E-state index contributed by atoms with van der Waals surface area (Å²) in [6.45, 7) is 0.872. The van der Waals surface area contributed by atoms with Crippen molar-refractivity contribution in [1.82, 2.24) is 0 Å². The van der Waals surface area contributed by atoms with Gasteiger partial charge in [0, 0.05) is 32.3 Å². The third-order valence-electron chi connectivity index (χ3n) is 5.27. The number of benzene rings is 3. The standard InChI is InChI=1S/C25H18BrClO6/c1-29-21-5-2-17(26)6-14(21)9-23-24(28)20-4-3-19(10-22(20)33-23)31-12-16-8-18(27)7-15-11-30-13-32-25(15)16/h2-10H,11-13H2,1H3/b23-9-. The second-order valence-electron chi connectivity index (χ2n) is 7.44. The van der Waals surface area contributed by atoms with Crippen molar-refractivity contribution < 1.29 is 28.5 Å². The average molecular weight is 530 g/mol. The van der Waals surface area contributed by atoms with Crippen molar-refractivity contribution in [3.05, 3.63) is 86.0 Å². The Kier molecular flexibility index (Phi) is 6.01. The first kappa shape index (κ1) is 21.8. The summed E-state index contributed by atoms with van der Waals surface area (Å²) in [7, 11) is 1.58. The van der Waals surface area contributed by atoms with Crippen LogP contribution in [-0.4, -0.2) is 19.7 Å². The van der Waals surface area contributed by atoms with E-state index in [1.807, 2.05) is 30.3 Å². The number of ether oxygens (including phenoxy) is 5. The minimum Gasteiger partial charge on any atom is -0.496 e. The number of ketones is 1. The molecule has 0 unspecified atom stereocenters. The van der Waals surface area contributed by atoms with Crippen molar-refractivity contribution in [2.24, 2.45) is 0 Å². The van der Waals surface area contributed by atoms with Crippen LogP contribution in [0.2, 0.25) is 5.02 Å². The SMILES string of the molecule is COc1ccc(Br)cc1/C=C1\Oc2cc(OCc3cc(Cl)cc4c3OCOC4)ccc2C1=O. The van der Waals surface area contributed by atoms with Crippen LogP contribution < -0.4 is 18.9 Å². The van der Waals surface area contributed by atoms with Gasteiger partial charge in [0.2, 0.25) is 5.78 Å². The Morgan fingerprint density at radius 3 is 2.88 bits per heavy atom. The van der Waals surface area contributed by atoms with E-state index in [4.69, 9.17) is 35.3 Å². The van der Waals surface area contributed by atoms with Gasteiger partial charge < -0.3 is 23.7 Å². The highest BCUT2D eigenvalue weighted by atomic mass is 79.9. The van der Waals surface area contributed by atoms with E-state index in [1.165, 1.54) is 0 Å². The molecule has 0 aliphatic carbocycles. The molecule has 0 spiro atoms. The molecule has 33 heavy (non-hydrogen) atoms. The van der Waals surface area contributed by atoms with Crippen LogP contribution in [0.25, 0.3) is 6.08 Å². The van der Waals surface area contributed by atoms with E-state index in [0.717, 1.165) is 26.9 Å². The van der Waals surface area contributed by atoms with E-state index >= 15 is 0 Å². The van der Waals surface area contributed by atoms with Crippen molar-refractivity contribution in [3.8, 4) is 23.0 Å². The Balaban J connectivity index is 1.36. The number of fused-ring (bicyclic) bond motifs is 2. The fourth-order valence-electron chi connectivity index (χ4n) is 3.74. The van der Waals surface area contributed by atoms with E-state index in [-0.39, 0.29) is 24.9 Å². The molecule has 2 aliphatic heterocycles. The van der Waals surface area contributed by atoms with Crippen LogP contribution in [0.15, 0.2) is 58.8 Å². The lowest BCUT2D eigenvalue weighted by atomic mass is 10.1. The molecule has 0 bridgehead atoms. The van der Waals surface area contributed by atoms with Gasteiger partial charge in [-0.15, -0.1) is 0 Å². The minimum absolute atomic E-state index is 0.189. The Morgan fingerprint density at radius 1 is 1.15 bits per heavy atom. The van der Waals surface area contributed by atoms with Gasteiger partial charge in [0.05, 0.1) is 19.3 Å². The molecule has 0 aromatic heterocycles. The molecule has 0 fully saturated rings. The molecule has 0 atom stereocenters. The highest BCUT2D eigenvalue weighted by Gasteiger charge is 2.28. The highest BCUT2D eigenvalue weighted by molar-refractivity contribution is 9.10. The molecule has 168 valence electrons. The number of carbonyl (C=O) groups excluding carboxylic acids is 1. The van der Waals surface area contributed by atoms with Crippen molar-refractivity contribution in [1.29, 1.82) is 0 Å². The number of rotatable bonds is 5. The summed E-state index contributed by atoms with van der Waals surface area (Å²) >= 11 is 9.67. The normalized spacial score (nSPS) is 15.5. The van der Waals surface area contributed by atoms with E-state index < -0.39 is 0 Å². The summed E-state index contributed by atoms with van der Waals surface area (Å²) < 4.78 is 29.0. The van der Waals surface area contributed by atoms with Crippen molar-refractivity contribution in [3.63, 3.8) is 0 Å². The average Bonchev–Trinajstić information content (AvgIpc) is 3.12. The first-order valence-electron chi connectivity index (χ1n) is 10.1. The van der Waals surface area contributed by atoms with E-state index in [2.05, 4.69) is 15.9 Å². The molecule has 8 heteroatoms. The predicted molar refractivity (Wildman–Crippen MR) is 126 cm³/mol. The Bertz CT molecular complexity index is 1290. The summed E-state index contributed by atoms with van der Waals surface area (Å²) in [6, 6.07) is 14.3. The van der Waals surface area contributed by atoms with E-state index in [0.29, 0.717) is 34.4 Å².